The molecule has 8 nitrogen and oxygen atoms in total. The van der Waals surface area contributed by atoms with Gasteiger partial charge in [0.15, 0.2) is 0 Å². The lowest BCUT2D eigenvalue weighted by atomic mass is 10.1. The number of hydrogen-bond acceptors (Lipinski definition) is 4. The molecular formula is C22H27N5O3. The number of carbonyl (C=O) groups excluding carboxylic acids is 2. The van der Waals surface area contributed by atoms with Crippen molar-refractivity contribution in [3.8, 4) is 0 Å². The lowest BCUT2D eigenvalue weighted by Crippen LogP contribution is -2.30. The van der Waals surface area contributed by atoms with Gasteiger partial charge in [0, 0.05) is 17.9 Å². The van der Waals surface area contributed by atoms with Gasteiger partial charge < -0.3 is 10.6 Å². The maximum absolute atomic E-state index is 13.0. The van der Waals surface area contributed by atoms with Crippen LogP contribution in [0.25, 0.3) is 5.52 Å². The molecular weight excluding hydrogens is 382 g/mol. The highest BCUT2D eigenvalue weighted by Gasteiger charge is 2.22. The summed E-state index contributed by atoms with van der Waals surface area (Å²) >= 11 is 0. The highest BCUT2D eigenvalue weighted by Crippen LogP contribution is 2.20. The molecule has 0 saturated heterocycles. The molecule has 2 aromatic heterocycles. The molecule has 30 heavy (non-hydrogen) atoms. The maximum Gasteiger partial charge on any atom is 0.291 e. The van der Waals surface area contributed by atoms with Crippen molar-refractivity contribution in [2.75, 3.05) is 11.9 Å². The minimum absolute atomic E-state index is 0.217. The average molecular weight is 409 g/mol. The number of benzene rings is 1. The summed E-state index contributed by atoms with van der Waals surface area (Å²) in [6.07, 6.45) is 1.47. The Hall–Kier alpha value is -3.42. The Labute approximate surface area is 174 Å². The first-order chi connectivity index (χ1) is 14.2. The van der Waals surface area contributed by atoms with Crippen LogP contribution < -0.4 is 16.2 Å². The van der Waals surface area contributed by atoms with E-state index in [4.69, 9.17) is 0 Å². The second-order valence-corrected chi connectivity index (χ2v) is 7.92. The van der Waals surface area contributed by atoms with Crippen LogP contribution in [0.15, 0.2) is 35.4 Å². The molecule has 2 amide bonds. The lowest BCUT2D eigenvalue weighted by molar-refractivity contribution is -0.117. The molecule has 1 aromatic carbocycles. The fourth-order valence-corrected chi connectivity index (χ4v) is 3.45. The standard InChI is InChI=1S/C22H27N5O3/c1-13(2)10-23-21(29)19-15(4)20-22(30)27(24-12-26(20)16(19)5)11-18(28)25-17-8-6-7-14(3)9-17/h6-9,12-13H,10-11H2,1-5H3,(H,23,29)(H,25,28). The Morgan fingerprint density at radius 3 is 2.57 bits per heavy atom. The van der Waals surface area contributed by atoms with Crippen molar-refractivity contribution in [1.82, 2.24) is 19.5 Å². The number of aryl methyl sites for hydroxylation is 3. The van der Waals surface area contributed by atoms with E-state index in [-0.39, 0.29) is 18.4 Å². The first-order valence-corrected chi connectivity index (χ1v) is 9.91. The third-order valence-electron chi connectivity index (χ3n) is 4.93. The number of anilines is 1. The summed E-state index contributed by atoms with van der Waals surface area (Å²) in [5.41, 5.74) is 3.30. The average Bonchev–Trinajstić information content (AvgIpc) is 2.93. The zero-order valence-electron chi connectivity index (χ0n) is 17.9. The summed E-state index contributed by atoms with van der Waals surface area (Å²) < 4.78 is 2.72. The Kier molecular flexibility index (Phi) is 6.05. The molecule has 0 fully saturated rings. The van der Waals surface area contributed by atoms with Gasteiger partial charge in [-0.3, -0.25) is 18.8 Å². The fourth-order valence-electron chi connectivity index (χ4n) is 3.45. The fraction of sp³-hybridized carbons (Fsp3) is 0.364. The molecule has 158 valence electrons. The van der Waals surface area contributed by atoms with Crippen LogP contribution in [0.4, 0.5) is 5.69 Å². The van der Waals surface area contributed by atoms with E-state index >= 15 is 0 Å². The molecule has 0 aliphatic carbocycles. The number of fused-ring (bicyclic) bond motifs is 1. The number of hydrogen-bond donors (Lipinski definition) is 2. The molecule has 3 aromatic rings. The van der Waals surface area contributed by atoms with E-state index in [1.54, 1.807) is 24.3 Å². The van der Waals surface area contributed by atoms with Gasteiger partial charge in [-0.2, -0.15) is 5.10 Å². The van der Waals surface area contributed by atoms with Gasteiger partial charge in [0.05, 0.1) is 5.56 Å². The van der Waals surface area contributed by atoms with Crippen molar-refractivity contribution in [3.63, 3.8) is 0 Å². The quantitative estimate of drug-likeness (QED) is 0.653. The molecule has 2 heterocycles. The van der Waals surface area contributed by atoms with Crippen LogP contribution in [0.5, 0.6) is 0 Å². The van der Waals surface area contributed by atoms with Crippen LogP contribution in [0.2, 0.25) is 0 Å². The van der Waals surface area contributed by atoms with E-state index in [0.717, 1.165) is 10.2 Å². The number of carbonyl (C=O) groups is 2. The van der Waals surface area contributed by atoms with Gasteiger partial charge in [-0.05, 0) is 49.9 Å². The van der Waals surface area contributed by atoms with Crippen LogP contribution >= 0.6 is 0 Å². The van der Waals surface area contributed by atoms with E-state index < -0.39 is 5.56 Å². The van der Waals surface area contributed by atoms with E-state index in [9.17, 15) is 14.4 Å². The van der Waals surface area contributed by atoms with Crippen molar-refractivity contribution in [1.29, 1.82) is 0 Å². The lowest BCUT2D eigenvalue weighted by Gasteiger charge is -2.08. The Bertz CT molecular complexity index is 1170. The third-order valence-corrected chi connectivity index (χ3v) is 4.93. The number of aromatic nitrogens is 3. The smallest absolute Gasteiger partial charge is 0.291 e. The summed E-state index contributed by atoms with van der Waals surface area (Å²) in [5, 5.41) is 9.80. The van der Waals surface area contributed by atoms with Crippen LogP contribution in [0, 0.1) is 26.7 Å². The maximum atomic E-state index is 13.0. The zero-order chi connectivity index (χ0) is 22.0. The normalized spacial score (nSPS) is 11.1. The van der Waals surface area contributed by atoms with Crippen molar-refractivity contribution in [2.45, 2.75) is 41.2 Å². The Morgan fingerprint density at radius 2 is 1.90 bits per heavy atom. The van der Waals surface area contributed by atoms with E-state index in [1.165, 1.54) is 6.33 Å². The monoisotopic (exact) mass is 409 g/mol. The summed E-state index contributed by atoms with van der Waals surface area (Å²) in [4.78, 5) is 38.1. The van der Waals surface area contributed by atoms with Crippen LogP contribution in [0.3, 0.4) is 0 Å². The van der Waals surface area contributed by atoms with Gasteiger partial charge in [-0.25, -0.2) is 4.68 Å². The van der Waals surface area contributed by atoms with E-state index in [2.05, 4.69) is 15.7 Å². The molecule has 0 atom stereocenters. The molecule has 0 spiro atoms. The first-order valence-electron chi connectivity index (χ1n) is 9.91. The molecule has 0 aliphatic heterocycles. The van der Waals surface area contributed by atoms with E-state index in [0.29, 0.717) is 40.5 Å². The molecule has 0 radical (unpaired) electrons. The SMILES string of the molecule is Cc1cccc(NC(=O)Cn2ncn3c(C)c(C(=O)NCC(C)C)c(C)c3c2=O)c1. The summed E-state index contributed by atoms with van der Waals surface area (Å²) in [5.74, 6) is -0.252. The summed E-state index contributed by atoms with van der Waals surface area (Å²) in [6.45, 7) is 9.81. The van der Waals surface area contributed by atoms with Crippen molar-refractivity contribution >= 4 is 23.0 Å². The first kappa shape index (κ1) is 21.3. The topological polar surface area (TPSA) is 97.5 Å². The van der Waals surface area contributed by atoms with Crippen molar-refractivity contribution in [3.05, 3.63) is 63.3 Å². The van der Waals surface area contributed by atoms with Gasteiger partial charge in [0.1, 0.15) is 18.4 Å². The van der Waals surface area contributed by atoms with Gasteiger partial charge in [0.25, 0.3) is 11.5 Å². The minimum Gasteiger partial charge on any atom is -0.352 e. The second-order valence-electron chi connectivity index (χ2n) is 7.92. The highest BCUT2D eigenvalue weighted by atomic mass is 16.2. The third kappa shape index (κ3) is 4.27. The Morgan fingerprint density at radius 1 is 1.17 bits per heavy atom. The second kappa shape index (κ2) is 8.52. The zero-order valence-corrected chi connectivity index (χ0v) is 17.9. The molecule has 8 heteroatoms. The van der Waals surface area contributed by atoms with E-state index in [1.807, 2.05) is 39.0 Å². The van der Waals surface area contributed by atoms with Gasteiger partial charge >= 0.3 is 0 Å². The summed E-state index contributed by atoms with van der Waals surface area (Å²) in [7, 11) is 0. The highest BCUT2D eigenvalue weighted by molar-refractivity contribution is 5.99. The molecule has 2 N–H and O–H groups in total. The van der Waals surface area contributed by atoms with Gasteiger partial charge in [-0.1, -0.05) is 26.0 Å². The van der Waals surface area contributed by atoms with Crippen molar-refractivity contribution in [2.24, 2.45) is 5.92 Å². The predicted octanol–water partition coefficient (Wildman–Crippen LogP) is 2.45. The van der Waals surface area contributed by atoms with Gasteiger partial charge in [0.2, 0.25) is 5.91 Å². The molecule has 0 bridgehead atoms. The summed E-state index contributed by atoms with van der Waals surface area (Å²) in [6, 6.07) is 7.41. The van der Waals surface area contributed by atoms with Crippen LogP contribution in [0.1, 0.15) is 41.0 Å². The molecule has 3 rings (SSSR count). The van der Waals surface area contributed by atoms with Crippen molar-refractivity contribution < 1.29 is 9.59 Å². The molecule has 0 aliphatic rings. The molecule has 0 saturated carbocycles. The van der Waals surface area contributed by atoms with Gasteiger partial charge in [-0.15, -0.1) is 0 Å². The predicted molar refractivity (Wildman–Crippen MR) is 116 cm³/mol. The number of rotatable bonds is 6. The number of nitrogens with one attached hydrogen (secondary N) is 2. The Balaban J connectivity index is 1.90. The minimum atomic E-state index is -0.416. The molecule has 0 unspecified atom stereocenters. The largest absolute Gasteiger partial charge is 0.352 e. The van der Waals surface area contributed by atoms with Crippen LogP contribution in [-0.4, -0.2) is 32.5 Å². The number of amides is 2. The van der Waals surface area contributed by atoms with Crippen LogP contribution in [-0.2, 0) is 11.3 Å². The number of nitrogens with zero attached hydrogens (tertiary/aromatic N) is 3.